The number of benzene rings is 1. The molecule has 1 N–H and O–H groups in total. The minimum Gasteiger partial charge on any atom is -0.490 e. The molecule has 114 valence electrons. The zero-order valence-corrected chi connectivity index (χ0v) is 13.2. The summed E-state index contributed by atoms with van der Waals surface area (Å²) < 4.78 is 11.8. The lowest BCUT2D eigenvalue weighted by Crippen LogP contribution is -2.07. The maximum absolute atomic E-state index is 11.9. The number of ether oxygens (including phenoxy) is 2. The molecule has 0 saturated carbocycles. The van der Waals surface area contributed by atoms with E-state index in [2.05, 4.69) is 5.32 Å². The van der Waals surface area contributed by atoms with Gasteiger partial charge in [0.2, 0.25) is 5.91 Å². The minimum absolute atomic E-state index is 0.209. The first-order valence-corrected chi connectivity index (χ1v) is 8.04. The van der Waals surface area contributed by atoms with E-state index in [0.29, 0.717) is 34.7 Å². The molecule has 22 heavy (non-hydrogen) atoms. The summed E-state index contributed by atoms with van der Waals surface area (Å²) >= 11 is 7.26. The van der Waals surface area contributed by atoms with Crippen LogP contribution in [-0.2, 0) is 4.79 Å². The molecule has 6 heteroatoms. The van der Waals surface area contributed by atoms with E-state index in [1.54, 1.807) is 30.3 Å². The molecule has 0 saturated heterocycles. The quantitative estimate of drug-likeness (QED) is 0.854. The summed E-state index contributed by atoms with van der Waals surface area (Å²) in [4.78, 5) is 12.9. The van der Waals surface area contributed by atoms with Gasteiger partial charge in [-0.3, -0.25) is 4.79 Å². The van der Waals surface area contributed by atoms with Gasteiger partial charge >= 0.3 is 0 Å². The summed E-state index contributed by atoms with van der Waals surface area (Å²) in [6.07, 6.45) is 4.06. The Morgan fingerprint density at radius 3 is 2.77 bits per heavy atom. The third kappa shape index (κ3) is 3.81. The Labute approximate surface area is 137 Å². The van der Waals surface area contributed by atoms with Crippen LogP contribution >= 0.6 is 22.9 Å². The van der Waals surface area contributed by atoms with E-state index in [0.717, 1.165) is 11.3 Å². The number of amides is 1. The minimum atomic E-state index is -0.209. The van der Waals surface area contributed by atoms with E-state index >= 15 is 0 Å². The van der Waals surface area contributed by atoms with Crippen molar-refractivity contribution in [1.82, 2.24) is 0 Å². The predicted molar refractivity (Wildman–Crippen MR) is 89.0 cm³/mol. The van der Waals surface area contributed by atoms with Crippen LogP contribution in [0, 0.1) is 0 Å². The molecule has 1 aliphatic rings. The number of thiophene rings is 1. The molecule has 0 aliphatic carbocycles. The maximum Gasteiger partial charge on any atom is 0.248 e. The molecule has 2 heterocycles. The second kappa shape index (κ2) is 6.85. The largest absolute Gasteiger partial charge is 0.490 e. The van der Waals surface area contributed by atoms with E-state index < -0.39 is 0 Å². The Kier molecular flexibility index (Phi) is 4.65. The van der Waals surface area contributed by atoms with Crippen LogP contribution in [-0.4, -0.2) is 19.1 Å². The molecule has 1 amide bonds. The Morgan fingerprint density at radius 2 is 2.00 bits per heavy atom. The summed E-state index contributed by atoms with van der Waals surface area (Å²) in [6.45, 7) is 1.26. The smallest absolute Gasteiger partial charge is 0.248 e. The van der Waals surface area contributed by atoms with E-state index in [4.69, 9.17) is 21.1 Å². The van der Waals surface area contributed by atoms with Crippen molar-refractivity contribution in [3.63, 3.8) is 0 Å². The highest BCUT2D eigenvalue weighted by Gasteiger charge is 2.11. The molecule has 3 rings (SSSR count). The van der Waals surface area contributed by atoms with Crippen LogP contribution in [0.4, 0.5) is 5.69 Å². The topological polar surface area (TPSA) is 47.6 Å². The van der Waals surface area contributed by atoms with Crippen LogP contribution in [0.15, 0.2) is 36.4 Å². The third-order valence-electron chi connectivity index (χ3n) is 3.01. The zero-order valence-electron chi connectivity index (χ0n) is 11.7. The first kappa shape index (κ1) is 14.9. The van der Waals surface area contributed by atoms with Gasteiger partial charge in [0.05, 0.1) is 17.6 Å². The number of fused-ring (bicyclic) bond motifs is 1. The highest BCUT2D eigenvalue weighted by molar-refractivity contribution is 7.17. The first-order valence-electron chi connectivity index (χ1n) is 6.85. The number of carbonyl (C=O) groups is 1. The molecule has 2 aromatic rings. The van der Waals surface area contributed by atoms with Crippen molar-refractivity contribution in [2.75, 3.05) is 18.5 Å². The van der Waals surface area contributed by atoms with E-state index in [-0.39, 0.29) is 5.91 Å². The van der Waals surface area contributed by atoms with Gasteiger partial charge in [-0.25, -0.2) is 0 Å². The summed E-state index contributed by atoms with van der Waals surface area (Å²) in [5.41, 5.74) is 0.670. The van der Waals surface area contributed by atoms with Gasteiger partial charge in [0.1, 0.15) is 0 Å². The van der Waals surface area contributed by atoms with Gasteiger partial charge in [0.25, 0.3) is 0 Å². The molecule has 0 spiro atoms. The molecule has 0 radical (unpaired) electrons. The fraction of sp³-hybridized carbons (Fsp3) is 0.188. The lowest BCUT2D eigenvalue weighted by Gasteiger charge is -2.09. The van der Waals surface area contributed by atoms with Crippen LogP contribution in [0.25, 0.3) is 6.08 Å². The van der Waals surface area contributed by atoms with Crippen molar-refractivity contribution in [2.24, 2.45) is 0 Å². The monoisotopic (exact) mass is 335 g/mol. The standard InChI is InChI=1S/C16H14ClNO3S/c17-15-6-3-12(22-15)4-7-16(19)18-11-2-5-13-14(10-11)21-9-1-8-20-13/h2-7,10H,1,8-9H2,(H,18,19). The normalized spacial score (nSPS) is 13.9. The summed E-state index contributed by atoms with van der Waals surface area (Å²) in [5, 5.41) is 2.80. The SMILES string of the molecule is O=C(C=Cc1ccc(Cl)s1)Nc1ccc2c(c1)OCCCO2. The number of carbonyl (C=O) groups excluding carboxylic acids is 1. The van der Waals surface area contributed by atoms with Crippen molar-refractivity contribution in [1.29, 1.82) is 0 Å². The number of halogens is 1. The zero-order chi connectivity index (χ0) is 15.4. The van der Waals surface area contributed by atoms with Crippen LogP contribution in [0.3, 0.4) is 0 Å². The van der Waals surface area contributed by atoms with Crippen LogP contribution in [0.5, 0.6) is 11.5 Å². The molecule has 0 unspecified atom stereocenters. The van der Waals surface area contributed by atoms with Crippen molar-refractivity contribution in [3.8, 4) is 11.5 Å². The lowest BCUT2D eigenvalue weighted by atomic mass is 10.2. The maximum atomic E-state index is 11.9. The number of anilines is 1. The van der Waals surface area contributed by atoms with Crippen LogP contribution in [0.1, 0.15) is 11.3 Å². The lowest BCUT2D eigenvalue weighted by molar-refractivity contribution is -0.111. The molecule has 0 bridgehead atoms. The van der Waals surface area contributed by atoms with Gasteiger partial charge in [-0.05, 0) is 30.3 Å². The van der Waals surface area contributed by atoms with Crippen molar-refractivity contribution < 1.29 is 14.3 Å². The van der Waals surface area contributed by atoms with Gasteiger partial charge in [0, 0.05) is 29.1 Å². The number of hydrogen-bond acceptors (Lipinski definition) is 4. The average molecular weight is 336 g/mol. The molecule has 1 aromatic heterocycles. The van der Waals surface area contributed by atoms with Crippen molar-refractivity contribution >= 4 is 40.6 Å². The van der Waals surface area contributed by atoms with Crippen LogP contribution < -0.4 is 14.8 Å². The molecule has 1 aromatic carbocycles. The Hall–Kier alpha value is -1.98. The van der Waals surface area contributed by atoms with Gasteiger partial charge in [-0.15, -0.1) is 11.3 Å². The van der Waals surface area contributed by atoms with Crippen molar-refractivity contribution in [3.05, 3.63) is 45.6 Å². The molecule has 1 aliphatic heterocycles. The second-order valence-corrected chi connectivity index (χ2v) is 6.42. The summed E-state index contributed by atoms with van der Waals surface area (Å²) in [5.74, 6) is 1.16. The average Bonchev–Trinajstić information content (AvgIpc) is 2.78. The van der Waals surface area contributed by atoms with E-state index in [1.807, 2.05) is 6.07 Å². The van der Waals surface area contributed by atoms with Gasteiger partial charge in [-0.1, -0.05) is 11.6 Å². The molecule has 0 atom stereocenters. The highest BCUT2D eigenvalue weighted by atomic mass is 35.5. The third-order valence-corrected chi connectivity index (χ3v) is 4.20. The fourth-order valence-electron chi connectivity index (χ4n) is 2.00. The predicted octanol–water partition coefficient (Wildman–Crippen LogP) is 4.21. The Morgan fingerprint density at radius 1 is 1.18 bits per heavy atom. The van der Waals surface area contributed by atoms with Gasteiger partial charge in [-0.2, -0.15) is 0 Å². The van der Waals surface area contributed by atoms with Crippen LogP contribution in [0.2, 0.25) is 4.34 Å². The summed E-state index contributed by atoms with van der Waals surface area (Å²) in [7, 11) is 0. The second-order valence-electron chi connectivity index (χ2n) is 4.68. The van der Waals surface area contributed by atoms with E-state index in [9.17, 15) is 4.79 Å². The highest BCUT2D eigenvalue weighted by Crippen LogP contribution is 2.32. The van der Waals surface area contributed by atoms with E-state index in [1.165, 1.54) is 17.4 Å². The first-order chi connectivity index (χ1) is 10.7. The molecule has 4 nitrogen and oxygen atoms in total. The number of rotatable bonds is 3. The molecular weight excluding hydrogens is 322 g/mol. The number of nitrogens with one attached hydrogen (secondary N) is 1. The number of hydrogen-bond donors (Lipinski definition) is 1. The Bertz CT molecular complexity index is 711. The summed E-state index contributed by atoms with van der Waals surface area (Å²) in [6, 6.07) is 9.03. The van der Waals surface area contributed by atoms with Crippen molar-refractivity contribution in [2.45, 2.75) is 6.42 Å². The Balaban J connectivity index is 1.66. The van der Waals surface area contributed by atoms with Gasteiger partial charge < -0.3 is 14.8 Å². The molecular formula is C16H14ClNO3S. The van der Waals surface area contributed by atoms with Gasteiger partial charge in [0.15, 0.2) is 11.5 Å². The fourth-order valence-corrected chi connectivity index (χ4v) is 2.96. The molecule has 0 fully saturated rings.